The summed E-state index contributed by atoms with van der Waals surface area (Å²) in [7, 11) is 0. The second-order valence-corrected chi connectivity index (χ2v) is 17.2. The first kappa shape index (κ1) is 50.1. The van der Waals surface area contributed by atoms with Crippen molar-refractivity contribution < 1.29 is 85.7 Å². The number of halogens is 1. The average molecular weight is 979 g/mol. The number of carbonyl (C=O) groups is 8. The number of rotatable bonds is 16. The number of ether oxygens (including phenoxy) is 10. The fourth-order valence-electron chi connectivity index (χ4n) is 6.54. The Labute approximate surface area is 373 Å². The molecule has 0 spiro atoms. The van der Waals surface area contributed by atoms with E-state index >= 15 is 0 Å². The van der Waals surface area contributed by atoms with Gasteiger partial charge >= 0.3 is 47.8 Å². The van der Waals surface area contributed by atoms with E-state index in [1.54, 1.807) is 17.1 Å². The van der Waals surface area contributed by atoms with E-state index in [0.717, 1.165) is 91.8 Å². The molecule has 21 nitrogen and oxygen atoms in total. The first-order chi connectivity index (χ1) is 29.2. The summed E-state index contributed by atoms with van der Waals surface area (Å²) in [6, 6.07) is 3.29. The SMILES string of the molecule is CC(=O)OC[C@H]1O[C@@H](Sc2cc(Br)cc(S[C@@H]3O[C@H](COC(C)=O)[C@@H](OC(C)=O)[C@H](OC(C)=O)[C@H]3OC(C)=O)c2N=NN2CCCC2)[C@H](OC(C)=O)[C@@H](OC(C)=O)[C@@H]1OC(C)=O. The van der Waals surface area contributed by atoms with Gasteiger partial charge in [0, 0.05) is 82.7 Å². The van der Waals surface area contributed by atoms with Crippen LogP contribution in [0.1, 0.15) is 68.2 Å². The van der Waals surface area contributed by atoms with Gasteiger partial charge in [-0.3, -0.25) is 43.4 Å². The van der Waals surface area contributed by atoms with Gasteiger partial charge in [-0.25, -0.2) is 0 Å². The van der Waals surface area contributed by atoms with Crippen LogP contribution in [0.5, 0.6) is 0 Å². The van der Waals surface area contributed by atoms with Gasteiger partial charge in [0.1, 0.15) is 42.0 Å². The molecule has 0 N–H and O–H groups in total. The van der Waals surface area contributed by atoms with E-state index in [9.17, 15) is 38.4 Å². The Morgan fingerprint density at radius 2 is 0.903 bits per heavy atom. The van der Waals surface area contributed by atoms with Gasteiger partial charge in [0.05, 0.1) is 0 Å². The maximum Gasteiger partial charge on any atom is 0.303 e. The molecule has 3 aliphatic heterocycles. The molecular formula is C38H48BrN3O18S2. The molecular weight excluding hydrogens is 930 g/mol. The van der Waals surface area contributed by atoms with Gasteiger partial charge < -0.3 is 47.4 Å². The quantitative estimate of drug-likeness (QED) is 0.129. The average Bonchev–Trinajstić information content (AvgIpc) is 3.67. The van der Waals surface area contributed by atoms with E-state index in [0.29, 0.717) is 27.4 Å². The van der Waals surface area contributed by atoms with Crippen LogP contribution in [0.3, 0.4) is 0 Å². The van der Waals surface area contributed by atoms with Crippen LogP contribution in [0.4, 0.5) is 5.69 Å². The van der Waals surface area contributed by atoms with Gasteiger partial charge in [0.25, 0.3) is 0 Å². The largest absolute Gasteiger partial charge is 0.463 e. The van der Waals surface area contributed by atoms with Gasteiger partial charge in [-0.1, -0.05) is 44.7 Å². The summed E-state index contributed by atoms with van der Waals surface area (Å²) >= 11 is 5.43. The molecule has 4 rings (SSSR count). The Bertz CT molecular complexity index is 1770. The zero-order chi connectivity index (χ0) is 45.8. The van der Waals surface area contributed by atoms with Crippen LogP contribution < -0.4 is 0 Å². The summed E-state index contributed by atoms with van der Waals surface area (Å²) in [6.07, 6.45) is -9.36. The summed E-state index contributed by atoms with van der Waals surface area (Å²) in [5.41, 5.74) is -2.36. The summed E-state index contributed by atoms with van der Waals surface area (Å²) in [5, 5.41) is 10.9. The zero-order valence-corrected chi connectivity index (χ0v) is 38.3. The zero-order valence-electron chi connectivity index (χ0n) is 35.1. The van der Waals surface area contributed by atoms with Crippen LogP contribution >= 0.6 is 39.5 Å². The van der Waals surface area contributed by atoms with Gasteiger partial charge in [-0.15, -0.1) is 5.11 Å². The van der Waals surface area contributed by atoms with E-state index < -0.39 is 121 Å². The Morgan fingerprint density at radius 3 is 1.24 bits per heavy atom. The normalized spacial score (nSPS) is 27.1. The van der Waals surface area contributed by atoms with Crippen LogP contribution in [-0.4, -0.2) is 139 Å². The molecule has 0 amide bonds. The smallest absolute Gasteiger partial charge is 0.303 e. The van der Waals surface area contributed by atoms with Crippen molar-refractivity contribution in [2.75, 3.05) is 26.3 Å². The molecule has 3 aliphatic rings. The third-order valence-corrected chi connectivity index (χ3v) is 11.6. The number of benzene rings is 1. The van der Waals surface area contributed by atoms with E-state index in [1.165, 1.54) is 0 Å². The summed E-state index contributed by atoms with van der Waals surface area (Å²) in [4.78, 5) is 99.4. The maximum absolute atomic E-state index is 12.6. The number of nitrogens with zero attached hydrogens (tertiary/aromatic N) is 3. The molecule has 3 heterocycles. The Hall–Kier alpha value is -4.52. The Balaban J connectivity index is 1.89. The molecule has 1 aromatic rings. The minimum absolute atomic E-state index is 0.177. The van der Waals surface area contributed by atoms with Crippen molar-refractivity contribution >= 4 is 92.9 Å². The van der Waals surface area contributed by atoms with Crippen molar-refractivity contribution in [3.8, 4) is 0 Å². The molecule has 3 saturated heterocycles. The van der Waals surface area contributed by atoms with E-state index in [-0.39, 0.29) is 5.69 Å². The van der Waals surface area contributed by atoms with Crippen molar-refractivity contribution in [1.82, 2.24) is 5.01 Å². The van der Waals surface area contributed by atoms with Gasteiger partial charge in [-0.05, 0) is 25.0 Å². The summed E-state index contributed by atoms with van der Waals surface area (Å²) in [6.45, 7) is 9.28. The molecule has 0 saturated carbocycles. The highest BCUT2D eigenvalue weighted by Crippen LogP contribution is 2.48. The lowest BCUT2D eigenvalue weighted by molar-refractivity contribution is -0.237. The Kier molecular flexibility index (Phi) is 18.8. The van der Waals surface area contributed by atoms with Crippen LogP contribution in [0.25, 0.3) is 0 Å². The molecule has 10 atom stereocenters. The van der Waals surface area contributed by atoms with Crippen molar-refractivity contribution in [1.29, 1.82) is 0 Å². The van der Waals surface area contributed by atoms with E-state index in [4.69, 9.17) is 47.4 Å². The van der Waals surface area contributed by atoms with E-state index in [2.05, 4.69) is 26.3 Å². The minimum Gasteiger partial charge on any atom is -0.463 e. The molecule has 0 aliphatic carbocycles. The van der Waals surface area contributed by atoms with Crippen molar-refractivity contribution in [3.63, 3.8) is 0 Å². The highest BCUT2D eigenvalue weighted by Gasteiger charge is 2.54. The highest BCUT2D eigenvalue weighted by molar-refractivity contribution is 9.10. The van der Waals surface area contributed by atoms with Gasteiger partial charge in [0.2, 0.25) is 0 Å². The maximum atomic E-state index is 12.6. The van der Waals surface area contributed by atoms with E-state index in [1.807, 2.05) is 0 Å². The topological polar surface area (TPSA) is 257 Å². The number of hydrogen-bond donors (Lipinski definition) is 0. The molecule has 1 aromatic carbocycles. The van der Waals surface area contributed by atoms with Crippen LogP contribution in [0.15, 0.2) is 36.7 Å². The van der Waals surface area contributed by atoms with Gasteiger partial charge in [-0.2, -0.15) is 0 Å². The van der Waals surface area contributed by atoms with Crippen LogP contribution in [-0.2, 0) is 85.7 Å². The second-order valence-electron chi connectivity index (χ2n) is 14.0. The Morgan fingerprint density at radius 1 is 0.565 bits per heavy atom. The monoisotopic (exact) mass is 977 g/mol. The number of hydrogen-bond acceptors (Lipinski definition) is 22. The summed E-state index contributed by atoms with van der Waals surface area (Å²) in [5.74, 6) is -6.20. The molecule has 62 heavy (non-hydrogen) atoms. The minimum atomic E-state index is -1.46. The van der Waals surface area contributed by atoms with Crippen LogP contribution in [0, 0.1) is 0 Å². The lowest BCUT2D eigenvalue weighted by atomic mass is 9.99. The fourth-order valence-corrected chi connectivity index (χ4v) is 9.87. The third kappa shape index (κ3) is 14.8. The molecule has 0 bridgehead atoms. The second kappa shape index (κ2) is 23.2. The molecule has 0 radical (unpaired) electrons. The highest BCUT2D eigenvalue weighted by atomic mass is 79.9. The number of carbonyl (C=O) groups excluding carboxylic acids is 8. The van der Waals surface area contributed by atoms with Crippen molar-refractivity contribution in [3.05, 3.63) is 16.6 Å². The lowest BCUT2D eigenvalue weighted by Gasteiger charge is -2.44. The van der Waals surface area contributed by atoms with Gasteiger partial charge in [0.15, 0.2) is 36.6 Å². The predicted molar refractivity (Wildman–Crippen MR) is 215 cm³/mol. The molecule has 0 unspecified atom stereocenters. The fraction of sp³-hybridized carbons (Fsp3) is 0.632. The number of thioether (sulfide) groups is 2. The molecule has 0 aromatic heterocycles. The van der Waals surface area contributed by atoms with Crippen LogP contribution in [0.2, 0.25) is 0 Å². The van der Waals surface area contributed by atoms with Crippen molar-refractivity contribution in [2.24, 2.45) is 10.3 Å². The third-order valence-electron chi connectivity index (χ3n) is 8.74. The first-order valence-corrected chi connectivity index (χ1v) is 21.7. The molecule has 3 fully saturated rings. The lowest BCUT2D eigenvalue weighted by Crippen LogP contribution is -2.61. The van der Waals surface area contributed by atoms with Crippen molar-refractivity contribution in [2.45, 2.75) is 138 Å². The standard InChI is InChI=1S/C38H48BrN3O18S2/c1-17(43)51-15-26-31(53-19(3)45)33(55-21(5)47)35(57-23(7)49)37(59-26)61-28-13-25(39)14-29(30(28)40-41-42-11-9-10-12-42)62-38-36(58-24(8)50)34(56-22(6)48)32(54-20(4)46)27(60-38)16-52-18(2)44/h13-14,26-27,31-38H,9-12,15-16H2,1-8H3/t26-,27-,31-,32-,33+,34+,35-,36-,37+,38+/m1/s1. The first-order valence-electron chi connectivity index (χ1n) is 19.2. The summed E-state index contributed by atoms with van der Waals surface area (Å²) < 4.78 is 57.4. The predicted octanol–water partition coefficient (Wildman–Crippen LogP) is 3.89. The molecule has 342 valence electrons. The number of esters is 8. The molecule has 24 heteroatoms.